The van der Waals surface area contributed by atoms with Gasteiger partial charge in [0.25, 0.3) is 0 Å². The molecule has 0 saturated heterocycles. The Balaban J connectivity index is 1.82. The molecule has 0 radical (unpaired) electrons. The molecule has 0 bridgehead atoms. The molecule has 0 aliphatic heterocycles. The fraction of sp³-hybridized carbons (Fsp3) is 0.438. The van der Waals surface area contributed by atoms with Crippen molar-refractivity contribution in [1.29, 1.82) is 0 Å². The zero-order valence-corrected chi connectivity index (χ0v) is 11.6. The predicted molar refractivity (Wildman–Crippen MR) is 80.2 cm³/mol. The van der Waals surface area contributed by atoms with Gasteiger partial charge in [0, 0.05) is 17.0 Å². The third-order valence-corrected chi connectivity index (χ3v) is 4.79. The molecule has 1 aromatic heterocycles. The summed E-state index contributed by atoms with van der Waals surface area (Å²) in [4.78, 5) is 4.84. The highest BCUT2D eigenvalue weighted by atomic mass is 32.2. The topological polar surface area (TPSA) is 12.9 Å². The first kappa shape index (κ1) is 12.0. The standard InChI is InChI=1S/C16H19NS/c1-18-11-12-6-7-14(10-12)16-9-8-13-4-2-3-5-15(13)17-16/h2-5,8-9,12,14H,6-7,10-11H2,1H3. The third-order valence-electron chi connectivity index (χ3n) is 3.98. The van der Waals surface area contributed by atoms with E-state index < -0.39 is 0 Å². The summed E-state index contributed by atoms with van der Waals surface area (Å²) in [6.45, 7) is 0. The summed E-state index contributed by atoms with van der Waals surface area (Å²) in [6.07, 6.45) is 6.23. The van der Waals surface area contributed by atoms with E-state index in [-0.39, 0.29) is 0 Å². The summed E-state index contributed by atoms with van der Waals surface area (Å²) in [7, 11) is 0. The van der Waals surface area contributed by atoms with E-state index in [9.17, 15) is 0 Å². The Labute approximate surface area is 113 Å². The van der Waals surface area contributed by atoms with Gasteiger partial charge in [0.05, 0.1) is 5.52 Å². The Morgan fingerprint density at radius 2 is 2.06 bits per heavy atom. The number of nitrogens with zero attached hydrogens (tertiary/aromatic N) is 1. The number of benzene rings is 1. The average Bonchev–Trinajstić information content (AvgIpc) is 2.87. The second-order valence-corrected chi connectivity index (χ2v) is 6.17. The Morgan fingerprint density at radius 3 is 2.94 bits per heavy atom. The molecule has 2 heteroatoms. The second-order valence-electron chi connectivity index (χ2n) is 5.26. The van der Waals surface area contributed by atoms with Gasteiger partial charge in [-0.2, -0.15) is 11.8 Å². The average molecular weight is 257 g/mol. The molecule has 18 heavy (non-hydrogen) atoms. The van der Waals surface area contributed by atoms with Crippen molar-refractivity contribution in [3.05, 3.63) is 42.1 Å². The highest BCUT2D eigenvalue weighted by Gasteiger charge is 2.26. The summed E-state index contributed by atoms with van der Waals surface area (Å²) in [6, 6.07) is 12.9. The zero-order valence-electron chi connectivity index (χ0n) is 10.8. The number of aromatic nitrogens is 1. The zero-order chi connectivity index (χ0) is 12.4. The summed E-state index contributed by atoms with van der Waals surface area (Å²) in [5, 5.41) is 1.25. The van der Waals surface area contributed by atoms with E-state index in [2.05, 4.69) is 42.7 Å². The first-order chi connectivity index (χ1) is 8.86. The molecule has 2 atom stereocenters. The fourth-order valence-electron chi connectivity index (χ4n) is 3.04. The molecule has 2 unspecified atom stereocenters. The van der Waals surface area contributed by atoms with E-state index in [0.29, 0.717) is 5.92 Å². The van der Waals surface area contributed by atoms with Gasteiger partial charge in [0.15, 0.2) is 0 Å². The van der Waals surface area contributed by atoms with Crippen molar-refractivity contribution < 1.29 is 0 Å². The molecule has 0 amide bonds. The number of rotatable bonds is 3. The molecule has 1 saturated carbocycles. The minimum Gasteiger partial charge on any atom is -0.253 e. The molecule has 1 heterocycles. The van der Waals surface area contributed by atoms with Crippen LogP contribution in [0.15, 0.2) is 36.4 Å². The van der Waals surface area contributed by atoms with Crippen LogP contribution in [0, 0.1) is 5.92 Å². The maximum absolute atomic E-state index is 4.84. The Morgan fingerprint density at radius 1 is 1.17 bits per heavy atom. The summed E-state index contributed by atoms with van der Waals surface area (Å²) in [5.74, 6) is 2.90. The Bertz CT molecular complexity index is 537. The number of fused-ring (bicyclic) bond motifs is 1. The second kappa shape index (κ2) is 5.31. The smallest absolute Gasteiger partial charge is 0.0705 e. The van der Waals surface area contributed by atoms with E-state index in [1.54, 1.807) is 0 Å². The monoisotopic (exact) mass is 257 g/mol. The SMILES string of the molecule is CSCC1CCC(c2ccc3ccccc3n2)C1. The van der Waals surface area contributed by atoms with E-state index in [1.165, 1.54) is 36.1 Å². The molecule has 1 aliphatic carbocycles. The van der Waals surface area contributed by atoms with Crippen LogP contribution in [-0.2, 0) is 0 Å². The molecular formula is C16H19NS. The number of pyridine rings is 1. The van der Waals surface area contributed by atoms with Crippen LogP contribution >= 0.6 is 11.8 Å². The number of hydrogen-bond acceptors (Lipinski definition) is 2. The van der Waals surface area contributed by atoms with Crippen LogP contribution in [0.1, 0.15) is 30.9 Å². The van der Waals surface area contributed by atoms with Gasteiger partial charge in [-0.15, -0.1) is 0 Å². The highest BCUT2D eigenvalue weighted by molar-refractivity contribution is 7.98. The van der Waals surface area contributed by atoms with Crippen LogP contribution in [0.2, 0.25) is 0 Å². The lowest BCUT2D eigenvalue weighted by molar-refractivity contribution is 0.603. The molecule has 3 rings (SSSR count). The maximum Gasteiger partial charge on any atom is 0.0705 e. The van der Waals surface area contributed by atoms with Gasteiger partial charge in [-0.25, -0.2) is 0 Å². The Kier molecular flexibility index (Phi) is 3.55. The number of hydrogen-bond donors (Lipinski definition) is 0. The fourth-order valence-corrected chi connectivity index (χ4v) is 3.81. The van der Waals surface area contributed by atoms with Crippen molar-refractivity contribution in [1.82, 2.24) is 4.98 Å². The molecule has 0 spiro atoms. The van der Waals surface area contributed by atoms with E-state index >= 15 is 0 Å². The molecule has 0 N–H and O–H groups in total. The lowest BCUT2D eigenvalue weighted by Gasteiger charge is -2.11. The molecule has 1 aromatic carbocycles. The largest absolute Gasteiger partial charge is 0.253 e. The van der Waals surface area contributed by atoms with Gasteiger partial charge in [-0.1, -0.05) is 24.3 Å². The third kappa shape index (κ3) is 2.39. The van der Waals surface area contributed by atoms with Crippen LogP contribution in [-0.4, -0.2) is 17.0 Å². The normalized spacial score (nSPS) is 23.6. The maximum atomic E-state index is 4.84. The summed E-state index contributed by atoms with van der Waals surface area (Å²) >= 11 is 1.98. The first-order valence-corrected chi connectivity index (χ1v) is 8.11. The Hall–Kier alpha value is -1.02. The molecule has 2 aromatic rings. The molecule has 94 valence electrons. The van der Waals surface area contributed by atoms with Crippen LogP contribution < -0.4 is 0 Å². The van der Waals surface area contributed by atoms with Gasteiger partial charge in [-0.05, 0) is 49.3 Å². The lowest BCUT2D eigenvalue weighted by Crippen LogP contribution is -2.00. The van der Waals surface area contributed by atoms with Crippen LogP contribution in [0.5, 0.6) is 0 Å². The minimum atomic E-state index is 0.687. The van der Waals surface area contributed by atoms with Gasteiger partial charge in [0.2, 0.25) is 0 Å². The van der Waals surface area contributed by atoms with Gasteiger partial charge in [-0.3, -0.25) is 4.98 Å². The van der Waals surface area contributed by atoms with Crippen molar-refractivity contribution in [2.24, 2.45) is 5.92 Å². The molecule has 1 aliphatic rings. The summed E-state index contributed by atoms with van der Waals surface area (Å²) in [5.41, 5.74) is 2.45. The van der Waals surface area contributed by atoms with Gasteiger partial charge < -0.3 is 0 Å². The minimum absolute atomic E-state index is 0.687. The van der Waals surface area contributed by atoms with Crippen molar-refractivity contribution in [2.45, 2.75) is 25.2 Å². The van der Waals surface area contributed by atoms with E-state index in [1.807, 2.05) is 11.8 Å². The number of thioether (sulfide) groups is 1. The van der Waals surface area contributed by atoms with Crippen molar-refractivity contribution >= 4 is 22.7 Å². The van der Waals surface area contributed by atoms with Crippen LogP contribution in [0.4, 0.5) is 0 Å². The van der Waals surface area contributed by atoms with Crippen molar-refractivity contribution in [3.63, 3.8) is 0 Å². The van der Waals surface area contributed by atoms with E-state index in [0.717, 1.165) is 11.4 Å². The van der Waals surface area contributed by atoms with Crippen molar-refractivity contribution in [2.75, 3.05) is 12.0 Å². The number of para-hydroxylation sites is 1. The predicted octanol–water partition coefficient (Wildman–Crippen LogP) is 4.48. The highest BCUT2D eigenvalue weighted by Crippen LogP contribution is 2.38. The van der Waals surface area contributed by atoms with Gasteiger partial charge in [0.1, 0.15) is 0 Å². The van der Waals surface area contributed by atoms with E-state index in [4.69, 9.17) is 4.98 Å². The molecule has 1 fully saturated rings. The first-order valence-electron chi connectivity index (χ1n) is 6.71. The lowest BCUT2D eigenvalue weighted by atomic mass is 10.0. The van der Waals surface area contributed by atoms with Crippen molar-refractivity contribution in [3.8, 4) is 0 Å². The van der Waals surface area contributed by atoms with Crippen LogP contribution in [0.25, 0.3) is 10.9 Å². The van der Waals surface area contributed by atoms with Crippen LogP contribution in [0.3, 0.4) is 0 Å². The quantitative estimate of drug-likeness (QED) is 0.804. The molecular weight excluding hydrogens is 238 g/mol. The summed E-state index contributed by atoms with van der Waals surface area (Å²) < 4.78 is 0. The van der Waals surface area contributed by atoms with Gasteiger partial charge >= 0.3 is 0 Å². The molecule has 1 nitrogen and oxygen atoms in total.